The molecule has 1 aromatic carbocycles. The Hall–Kier alpha value is -0.870. The van der Waals surface area contributed by atoms with E-state index in [1.807, 2.05) is 36.0 Å². The van der Waals surface area contributed by atoms with Gasteiger partial charge in [0.1, 0.15) is 18.1 Å². The Morgan fingerprint density at radius 2 is 1.62 bits per heavy atom. The molecule has 0 saturated heterocycles. The molecule has 0 aromatic heterocycles. The molecule has 0 unspecified atom stereocenters. The van der Waals surface area contributed by atoms with Gasteiger partial charge in [-0.3, -0.25) is 0 Å². The second kappa shape index (κ2) is 8.30. The lowest BCUT2D eigenvalue weighted by molar-refractivity contribution is 0.201. The van der Waals surface area contributed by atoms with Gasteiger partial charge in [-0.05, 0) is 42.7 Å². The first-order valence-corrected chi connectivity index (χ1v) is 6.71. The Balaban J connectivity index is 2.27. The summed E-state index contributed by atoms with van der Waals surface area (Å²) in [5.74, 6) is 2.74. The van der Waals surface area contributed by atoms with Crippen molar-refractivity contribution in [2.75, 3.05) is 31.8 Å². The molecule has 1 aromatic rings. The summed E-state index contributed by atoms with van der Waals surface area (Å²) in [4.78, 5) is 0. The van der Waals surface area contributed by atoms with Gasteiger partial charge in [0.2, 0.25) is 0 Å². The zero-order chi connectivity index (χ0) is 11.6. The van der Waals surface area contributed by atoms with Crippen LogP contribution in [0.4, 0.5) is 0 Å². The third-order valence-corrected chi connectivity index (χ3v) is 2.64. The quantitative estimate of drug-likeness (QED) is 0.709. The minimum atomic E-state index is 0.0347. The van der Waals surface area contributed by atoms with Crippen LogP contribution in [-0.4, -0.2) is 36.9 Å². The molecule has 4 heteroatoms. The number of hydrogen-bond acceptors (Lipinski definition) is 4. The average molecular weight is 242 g/mol. The fraction of sp³-hybridized carbons (Fsp3) is 0.500. The van der Waals surface area contributed by atoms with Crippen molar-refractivity contribution in [2.24, 2.45) is 0 Å². The summed E-state index contributed by atoms with van der Waals surface area (Å²) in [6.45, 7) is 1.11. The van der Waals surface area contributed by atoms with Gasteiger partial charge in [-0.1, -0.05) is 0 Å². The molecule has 0 atom stereocenters. The van der Waals surface area contributed by atoms with Crippen molar-refractivity contribution in [1.82, 2.24) is 0 Å². The van der Waals surface area contributed by atoms with Crippen molar-refractivity contribution in [1.29, 1.82) is 0 Å². The van der Waals surface area contributed by atoms with Crippen LogP contribution in [0.3, 0.4) is 0 Å². The molecule has 3 nitrogen and oxygen atoms in total. The van der Waals surface area contributed by atoms with E-state index in [4.69, 9.17) is 14.6 Å². The van der Waals surface area contributed by atoms with Crippen LogP contribution in [0, 0.1) is 0 Å². The van der Waals surface area contributed by atoms with Crippen LogP contribution in [0.5, 0.6) is 11.5 Å². The first kappa shape index (κ1) is 13.2. The van der Waals surface area contributed by atoms with E-state index in [9.17, 15) is 0 Å². The predicted octanol–water partition coefficient (Wildman–Crippen LogP) is 2.19. The van der Waals surface area contributed by atoms with Gasteiger partial charge in [0.05, 0.1) is 13.2 Å². The maximum absolute atomic E-state index is 8.60. The highest BCUT2D eigenvalue weighted by Gasteiger charge is 1.96. The highest BCUT2D eigenvalue weighted by Crippen LogP contribution is 2.17. The van der Waals surface area contributed by atoms with Crippen LogP contribution in [0.2, 0.25) is 0 Å². The monoisotopic (exact) mass is 242 g/mol. The highest BCUT2D eigenvalue weighted by molar-refractivity contribution is 7.98. The van der Waals surface area contributed by atoms with Gasteiger partial charge in [-0.2, -0.15) is 11.8 Å². The summed E-state index contributed by atoms with van der Waals surface area (Å²) in [5, 5.41) is 8.60. The van der Waals surface area contributed by atoms with E-state index in [1.54, 1.807) is 0 Å². The lowest BCUT2D eigenvalue weighted by Gasteiger charge is -2.07. The van der Waals surface area contributed by atoms with Gasteiger partial charge in [-0.15, -0.1) is 0 Å². The molecular formula is C12H18O3S. The Morgan fingerprint density at radius 3 is 2.12 bits per heavy atom. The Morgan fingerprint density at radius 1 is 1.06 bits per heavy atom. The summed E-state index contributed by atoms with van der Waals surface area (Å²) in [6.07, 6.45) is 3.15. The summed E-state index contributed by atoms with van der Waals surface area (Å²) in [7, 11) is 0. The molecule has 1 N–H and O–H groups in total. The van der Waals surface area contributed by atoms with Gasteiger partial charge < -0.3 is 14.6 Å². The van der Waals surface area contributed by atoms with E-state index in [-0.39, 0.29) is 6.61 Å². The molecule has 0 aliphatic rings. The minimum absolute atomic E-state index is 0.0347. The van der Waals surface area contributed by atoms with Crippen LogP contribution in [0.15, 0.2) is 24.3 Å². The summed E-state index contributed by atoms with van der Waals surface area (Å²) in [6, 6.07) is 7.46. The van der Waals surface area contributed by atoms with E-state index in [2.05, 4.69) is 6.26 Å². The van der Waals surface area contributed by atoms with Crippen molar-refractivity contribution in [2.45, 2.75) is 6.42 Å². The molecule has 16 heavy (non-hydrogen) atoms. The standard InChI is InChI=1S/C12H18O3S/c1-16-10-2-8-14-11-3-5-12(6-4-11)15-9-7-13/h3-6,13H,2,7-10H2,1H3. The highest BCUT2D eigenvalue weighted by atomic mass is 32.2. The number of thioether (sulfide) groups is 1. The first-order chi connectivity index (χ1) is 7.86. The molecule has 0 saturated carbocycles. The lowest BCUT2D eigenvalue weighted by Crippen LogP contribution is -2.02. The van der Waals surface area contributed by atoms with E-state index in [0.717, 1.165) is 30.3 Å². The van der Waals surface area contributed by atoms with Crippen LogP contribution in [-0.2, 0) is 0 Å². The van der Waals surface area contributed by atoms with Gasteiger partial charge >= 0.3 is 0 Å². The molecule has 0 aliphatic carbocycles. The number of ether oxygens (including phenoxy) is 2. The summed E-state index contributed by atoms with van der Waals surface area (Å²) < 4.78 is 10.8. The van der Waals surface area contributed by atoms with E-state index < -0.39 is 0 Å². The second-order valence-electron chi connectivity index (χ2n) is 3.24. The molecule has 0 heterocycles. The number of aliphatic hydroxyl groups is 1. The molecule has 1 rings (SSSR count). The van der Waals surface area contributed by atoms with E-state index in [1.165, 1.54) is 0 Å². The number of rotatable bonds is 8. The zero-order valence-corrected chi connectivity index (χ0v) is 10.3. The minimum Gasteiger partial charge on any atom is -0.494 e. The van der Waals surface area contributed by atoms with Crippen molar-refractivity contribution < 1.29 is 14.6 Å². The van der Waals surface area contributed by atoms with Crippen molar-refractivity contribution in [3.05, 3.63) is 24.3 Å². The van der Waals surface area contributed by atoms with E-state index >= 15 is 0 Å². The Labute approximate surface area is 101 Å². The Kier molecular flexibility index (Phi) is 6.85. The number of aliphatic hydroxyl groups excluding tert-OH is 1. The molecule has 0 bridgehead atoms. The smallest absolute Gasteiger partial charge is 0.119 e. The van der Waals surface area contributed by atoms with Gasteiger partial charge in [0.15, 0.2) is 0 Å². The number of benzene rings is 1. The summed E-state index contributed by atoms with van der Waals surface area (Å²) in [5.41, 5.74) is 0. The van der Waals surface area contributed by atoms with Gasteiger partial charge in [0.25, 0.3) is 0 Å². The normalized spacial score (nSPS) is 10.1. The van der Waals surface area contributed by atoms with Crippen LogP contribution < -0.4 is 9.47 Å². The summed E-state index contributed by atoms with van der Waals surface area (Å²) >= 11 is 1.82. The van der Waals surface area contributed by atoms with Crippen molar-refractivity contribution >= 4 is 11.8 Å². The fourth-order valence-electron chi connectivity index (χ4n) is 1.19. The molecule has 0 aliphatic heterocycles. The van der Waals surface area contributed by atoms with Crippen LogP contribution in [0.25, 0.3) is 0 Å². The molecular weight excluding hydrogens is 224 g/mol. The topological polar surface area (TPSA) is 38.7 Å². The van der Waals surface area contributed by atoms with E-state index in [0.29, 0.717) is 6.61 Å². The van der Waals surface area contributed by atoms with Gasteiger partial charge in [-0.25, -0.2) is 0 Å². The lowest BCUT2D eigenvalue weighted by atomic mass is 10.3. The fourth-order valence-corrected chi connectivity index (χ4v) is 1.60. The third-order valence-electron chi connectivity index (χ3n) is 1.95. The van der Waals surface area contributed by atoms with Crippen LogP contribution in [0.1, 0.15) is 6.42 Å². The largest absolute Gasteiger partial charge is 0.494 e. The number of hydrogen-bond donors (Lipinski definition) is 1. The third kappa shape index (κ3) is 5.28. The zero-order valence-electron chi connectivity index (χ0n) is 9.52. The van der Waals surface area contributed by atoms with Crippen molar-refractivity contribution in [3.8, 4) is 11.5 Å². The molecule has 0 fully saturated rings. The van der Waals surface area contributed by atoms with Gasteiger partial charge in [0, 0.05) is 0 Å². The maximum Gasteiger partial charge on any atom is 0.119 e. The first-order valence-electron chi connectivity index (χ1n) is 5.32. The average Bonchev–Trinajstić information content (AvgIpc) is 2.33. The molecule has 0 amide bonds. The molecule has 0 radical (unpaired) electrons. The molecule has 90 valence electrons. The predicted molar refractivity (Wildman–Crippen MR) is 67.5 cm³/mol. The maximum atomic E-state index is 8.60. The second-order valence-corrected chi connectivity index (χ2v) is 4.22. The van der Waals surface area contributed by atoms with Crippen LogP contribution >= 0.6 is 11.8 Å². The Bertz CT molecular complexity index is 274. The molecule has 0 spiro atoms. The SMILES string of the molecule is CSCCCOc1ccc(OCCO)cc1. The van der Waals surface area contributed by atoms with Crippen molar-refractivity contribution in [3.63, 3.8) is 0 Å².